The second kappa shape index (κ2) is 11.7. The quantitative estimate of drug-likeness (QED) is 0.377. The Morgan fingerprint density at radius 2 is 1.70 bits per heavy atom. The van der Waals surface area contributed by atoms with Gasteiger partial charge in [0.05, 0.1) is 24.9 Å². The Balaban J connectivity index is 1.29. The van der Waals surface area contributed by atoms with Crippen molar-refractivity contribution in [2.45, 2.75) is 57.6 Å². The van der Waals surface area contributed by atoms with Gasteiger partial charge in [-0.25, -0.2) is 8.42 Å². The van der Waals surface area contributed by atoms with Gasteiger partial charge in [-0.15, -0.1) is 0 Å². The van der Waals surface area contributed by atoms with E-state index in [1.165, 1.54) is 0 Å². The van der Waals surface area contributed by atoms with Crippen LogP contribution in [0.25, 0.3) is 0 Å². The molecule has 0 radical (unpaired) electrons. The fourth-order valence-corrected chi connectivity index (χ4v) is 7.69. The predicted octanol–water partition coefficient (Wildman–Crippen LogP) is 5.20. The maximum atomic E-state index is 13.6. The normalized spacial score (nSPS) is 21.6. The van der Waals surface area contributed by atoms with Crippen LogP contribution >= 0.6 is 0 Å². The summed E-state index contributed by atoms with van der Waals surface area (Å²) in [5.41, 5.74) is 5.52. The third-order valence-electron chi connectivity index (χ3n) is 8.07. The van der Waals surface area contributed by atoms with E-state index in [0.717, 1.165) is 35.1 Å². The van der Waals surface area contributed by atoms with Gasteiger partial charge in [0.1, 0.15) is 18.0 Å². The molecule has 2 aliphatic heterocycles. The van der Waals surface area contributed by atoms with Crippen LogP contribution in [0.3, 0.4) is 0 Å². The first-order valence-corrected chi connectivity index (χ1v) is 15.5. The number of sulfonamides is 1. The van der Waals surface area contributed by atoms with Crippen LogP contribution in [-0.4, -0.2) is 62.5 Å². The Morgan fingerprint density at radius 3 is 2.48 bits per heavy atom. The molecule has 1 amide bonds. The maximum Gasteiger partial charge on any atom is 0.254 e. The maximum absolute atomic E-state index is 13.6. The summed E-state index contributed by atoms with van der Waals surface area (Å²) in [4.78, 5) is 15.1. The highest BCUT2D eigenvalue weighted by atomic mass is 32.2. The number of carbonyl (C=O) groups excluding carboxylic acids is 1. The van der Waals surface area contributed by atoms with Crippen molar-refractivity contribution in [2.24, 2.45) is 0 Å². The number of rotatable bonds is 8. The molecule has 40 heavy (non-hydrogen) atoms. The fourth-order valence-electron chi connectivity index (χ4n) is 5.91. The number of hydrogen-bond donors (Lipinski definition) is 0. The van der Waals surface area contributed by atoms with Gasteiger partial charge < -0.3 is 14.4 Å². The third-order valence-corrected chi connectivity index (χ3v) is 9.92. The highest BCUT2D eigenvalue weighted by Crippen LogP contribution is 2.37. The molecule has 0 aromatic heterocycles. The Hall–Kier alpha value is -3.20. The van der Waals surface area contributed by atoms with E-state index in [9.17, 15) is 13.2 Å². The molecule has 3 unspecified atom stereocenters. The smallest absolute Gasteiger partial charge is 0.254 e. The van der Waals surface area contributed by atoms with Gasteiger partial charge in [-0.1, -0.05) is 54.1 Å². The fraction of sp³-hybridized carbons (Fsp3) is 0.406. The monoisotopic (exact) mass is 562 g/mol. The first kappa shape index (κ1) is 28.3. The largest absolute Gasteiger partial charge is 0.486 e. The lowest BCUT2D eigenvalue weighted by molar-refractivity contribution is 0.0339. The molecule has 0 bridgehead atoms. The van der Waals surface area contributed by atoms with Crippen molar-refractivity contribution in [3.05, 3.63) is 100 Å². The van der Waals surface area contributed by atoms with E-state index < -0.39 is 10.0 Å². The standard InChI is InChI=1S/C32H38N2O5S/c1-22-14-15-24(3)28(17-22)32(35)33-19-30(38-4)31(20-33)39-26-11-7-10-25(18-26)21-40(36,37)34-16-8-13-29(34)27-12-6-5-9-23(27)2/h5-7,9-12,14-15,17-18,29-31H,8,13,16,19-21H2,1-4H3. The molecule has 0 saturated carbocycles. The summed E-state index contributed by atoms with van der Waals surface area (Å²) >= 11 is 0. The number of methoxy groups -OCH3 is 1. The molecule has 3 atom stereocenters. The molecule has 0 N–H and O–H groups in total. The zero-order valence-electron chi connectivity index (χ0n) is 23.7. The van der Waals surface area contributed by atoms with Crippen molar-refractivity contribution in [3.8, 4) is 5.75 Å². The molecule has 5 rings (SSSR count). The Morgan fingerprint density at radius 1 is 0.925 bits per heavy atom. The van der Waals surface area contributed by atoms with Crippen LogP contribution < -0.4 is 4.74 Å². The van der Waals surface area contributed by atoms with Gasteiger partial charge >= 0.3 is 0 Å². The molecule has 0 spiro atoms. The number of nitrogens with zero attached hydrogens (tertiary/aromatic N) is 2. The summed E-state index contributed by atoms with van der Waals surface area (Å²) < 4.78 is 40.8. The molecule has 8 heteroatoms. The zero-order chi connectivity index (χ0) is 28.4. The number of aryl methyl sites for hydroxylation is 3. The van der Waals surface area contributed by atoms with Crippen molar-refractivity contribution in [2.75, 3.05) is 26.7 Å². The van der Waals surface area contributed by atoms with Crippen LogP contribution in [0.5, 0.6) is 5.75 Å². The minimum absolute atomic E-state index is 0.0389. The number of ether oxygens (including phenoxy) is 2. The topological polar surface area (TPSA) is 76.1 Å². The van der Waals surface area contributed by atoms with Gasteiger partial charge in [-0.05, 0) is 74.1 Å². The number of amides is 1. The number of carbonyl (C=O) groups is 1. The van der Waals surface area contributed by atoms with E-state index in [2.05, 4.69) is 0 Å². The van der Waals surface area contributed by atoms with E-state index in [1.807, 2.05) is 81.4 Å². The minimum atomic E-state index is -3.54. The van der Waals surface area contributed by atoms with E-state index >= 15 is 0 Å². The van der Waals surface area contributed by atoms with Gasteiger partial charge in [0.25, 0.3) is 5.91 Å². The molecule has 3 aromatic carbocycles. The molecule has 0 aliphatic carbocycles. The van der Waals surface area contributed by atoms with Crippen molar-refractivity contribution >= 4 is 15.9 Å². The zero-order valence-corrected chi connectivity index (χ0v) is 24.5. The van der Waals surface area contributed by atoms with E-state index in [4.69, 9.17) is 9.47 Å². The van der Waals surface area contributed by atoms with Crippen LogP contribution in [0.4, 0.5) is 0 Å². The third kappa shape index (κ3) is 5.94. The van der Waals surface area contributed by atoms with Gasteiger partial charge in [0, 0.05) is 19.2 Å². The lowest BCUT2D eigenvalue weighted by Crippen LogP contribution is -2.32. The average molecular weight is 563 g/mol. The van der Waals surface area contributed by atoms with Crippen LogP contribution in [-0.2, 0) is 20.5 Å². The van der Waals surface area contributed by atoms with Crippen LogP contribution in [0.15, 0.2) is 66.7 Å². The summed E-state index contributed by atoms with van der Waals surface area (Å²) in [5.74, 6) is 0.433. The lowest BCUT2D eigenvalue weighted by Gasteiger charge is -2.26. The minimum Gasteiger partial charge on any atom is -0.486 e. The highest BCUT2D eigenvalue weighted by Gasteiger charge is 2.38. The molecular formula is C32H38N2O5S. The van der Waals surface area contributed by atoms with Crippen molar-refractivity contribution < 1.29 is 22.7 Å². The van der Waals surface area contributed by atoms with Crippen LogP contribution in [0.1, 0.15) is 57.1 Å². The number of benzene rings is 3. The number of likely N-dealkylation sites (tertiary alicyclic amines) is 1. The van der Waals surface area contributed by atoms with Gasteiger partial charge in [-0.3, -0.25) is 4.79 Å². The van der Waals surface area contributed by atoms with Gasteiger partial charge in [0.15, 0.2) is 0 Å². The molecule has 7 nitrogen and oxygen atoms in total. The first-order chi connectivity index (χ1) is 19.2. The molecule has 2 heterocycles. The predicted molar refractivity (Wildman–Crippen MR) is 156 cm³/mol. The average Bonchev–Trinajstić information content (AvgIpc) is 3.58. The summed E-state index contributed by atoms with van der Waals surface area (Å²) in [5, 5.41) is 0. The first-order valence-electron chi connectivity index (χ1n) is 13.9. The van der Waals surface area contributed by atoms with Crippen molar-refractivity contribution in [1.82, 2.24) is 9.21 Å². The lowest BCUT2D eigenvalue weighted by atomic mass is 10.0. The molecule has 2 saturated heterocycles. The summed E-state index contributed by atoms with van der Waals surface area (Å²) in [6.45, 7) is 7.29. The summed E-state index contributed by atoms with van der Waals surface area (Å²) in [7, 11) is -1.92. The van der Waals surface area contributed by atoms with Crippen molar-refractivity contribution in [1.29, 1.82) is 0 Å². The number of hydrogen-bond acceptors (Lipinski definition) is 5. The summed E-state index contributed by atoms with van der Waals surface area (Å²) in [6, 6.07) is 21.0. The van der Waals surface area contributed by atoms with Gasteiger partial charge in [-0.2, -0.15) is 4.31 Å². The Bertz CT molecular complexity index is 1490. The van der Waals surface area contributed by atoms with Crippen LogP contribution in [0, 0.1) is 20.8 Å². The molecule has 3 aromatic rings. The molecular weight excluding hydrogens is 524 g/mol. The van der Waals surface area contributed by atoms with Gasteiger partial charge in [0.2, 0.25) is 10.0 Å². The van der Waals surface area contributed by atoms with Crippen LogP contribution in [0.2, 0.25) is 0 Å². The Labute approximate surface area is 237 Å². The SMILES string of the molecule is COC1CN(C(=O)c2cc(C)ccc2C)CC1Oc1cccc(CS(=O)(=O)N2CCCC2c2ccccc2C)c1. The van der Waals surface area contributed by atoms with E-state index in [0.29, 0.717) is 36.5 Å². The van der Waals surface area contributed by atoms with E-state index in [-0.39, 0.29) is 29.9 Å². The Kier molecular flexibility index (Phi) is 8.31. The summed E-state index contributed by atoms with van der Waals surface area (Å²) in [6.07, 6.45) is 1.01. The second-order valence-electron chi connectivity index (χ2n) is 11.0. The molecule has 2 aliphatic rings. The highest BCUT2D eigenvalue weighted by molar-refractivity contribution is 7.88. The molecule has 2 fully saturated rings. The second-order valence-corrected chi connectivity index (χ2v) is 12.9. The molecule has 212 valence electrons. The van der Waals surface area contributed by atoms with E-state index in [1.54, 1.807) is 22.4 Å². The van der Waals surface area contributed by atoms with Crippen molar-refractivity contribution in [3.63, 3.8) is 0 Å².